The molecule has 3 aromatic heterocycles. The standard InChI is InChI=1S/C17H22N6O2/c1-3-13-19-20-14-5-4-12(10-23(13)14)8-18-9-15-21-22-17(25-15)16-11(2)6-7-24-16/h6-7,12,18H,3-5,8-10H2,1-2H3/t12-/m0/s1. The first kappa shape index (κ1) is 16.0. The van der Waals surface area contributed by atoms with E-state index >= 15 is 0 Å². The van der Waals surface area contributed by atoms with Crippen LogP contribution in [-0.4, -0.2) is 31.5 Å². The summed E-state index contributed by atoms with van der Waals surface area (Å²) in [5.41, 5.74) is 0.988. The maximum Gasteiger partial charge on any atom is 0.283 e. The molecule has 0 aliphatic carbocycles. The molecule has 8 heteroatoms. The van der Waals surface area contributed by atoms with Crippen molar-refractivity contribution in [3.8, 4) is 11.7 Å². The van der Waals surface area contributed by atoms with E-state index < -0.39 is 0 Å². The molecule has 4 rings (SSSR count). The lowest BCUT2D eigenvalue weighted by Crippen LogP contribution is -2.30. The Balaban J connectivity index is 1.32. The molecule has 25 heavy (non-hydrogen) atoms. The molecule has 0 amide bonds. The summed E-state index contributed by atoms with van der Waals surface area (Å²) in [6.07, 6.45) is 4.65. The van der Waals surface area contributed by atoms with Crippen molar-refractivity contribution in [2.75, 3.05) is 6.54 Å². The molecule has 0 saturated heterocycles. The van der Waals surface area contributed by atoms with Gasteiger partial charge in [-0.25, -0.2) is 0 Å². The number of hydrogen-bond donors (Lipinski definition) is 1. The van der Waals surface area contributed by atoms with Crippen LogP contribution >= 0.6 is 0 Å². The zero-order chi connectivity index (χ0) is 17.2. The van der Waals surface area contributed by atoms with Gasteiger partial charge in [0.1, 0.15) is 11.6 Å². The molecule has 1 atom stereocenters. The second kappa shape index (κ2) is 6.79. The van der Waals surface area contributed by atoms with Crippen LogP contribution in [0.4, 0.5) is 0 Å². The summed E-state index contributed by atoms with van der Waals surface area (Å²) >= 11 is 0. The number of nitrogens with zero attached hydrogens (tertiary/aromatic N) is 5. The predicted molar refractivity (Wildman–Crippen MR) is 89.7 cm³/mol. The Kier molecular flexibility index (Phi) is 4.35. The van der Waals surface area contributed by atoms with Crippen LogP contribution in [0.25, 0.3) is 11.7 Å². The van der Waals surface area contributed by atoms with Crippen LogP contribution in [0.3, 0.4) is 0 Å². The number of fused-ring (bicyclic) bond motifs is 1. The third kappa shape index (κ3) is 3.21. The number of aryl methyl sites for hydroxylation is 3. The van der Waals surface area contributed by atoms with Crippen molar-refractivity contribution >= 4 is 0 Å². The largest absolute Gasteiger partial charge is 0.459 e. The third-order valence-electron chi connectivity index (χ3n) is 4.67. The Morgan fingerprint density at radius 1 is 1.28 bits per heavy atom. The van der Waals surface area contributed by atoms with E-state index in [-0.39, 0.29) is 0 Å². The zero-order valence-corrected chi connectivity index (χ0v) is 14.5. The highest BCUT2D eigenvalue weighted by Crippen LogP contribution is 2.23. The first-order valence-corrected chi connectivity index (χ1v) is 8.73. The van der Waals surface area contributed by atoms with Gasteiger partial charge in [0.15, 0.2) is 5.76 Å². The monoisotopic (exact) mass is 342 g/mol. The van der Waals surface area contributed by atoms with Gasteiger partial charge in [-0.2, -0.15) is 0 Å². The van der Waals surface area contributed by atoms with Gasteiger partial charge in [-0.15, -0.1) is 20.4 Å². The third-order valence-corrected chi connectivity index (χ3v) is 4.67. The maximum atomic E-state index is 5.67. The van der Waals surface area contributed by atoms with E-state index in [2.05, 4.69) is 37.2 Å². The molecular formula is C17H22N6O2. The van der Waals surface area contributed by atoms with E-state index in [1.807, 2.05) is 13.0 Å². The average molecular weight is 342 g/mol. The molecule has 4 heterocycles. The second-order valence-electron chi connectivity index (χ2n) is 6.47. The SMILES string of the molecule is CCc1nnc2n1C[C@H](CNCc1nnc(-c3occc3C)o1)CC2. The Bertz CT molecular complexity index is 836. The fraction of sp³-hybridized carbons (Fsp3) is 0.529. The molecule has 0 fully saturated rings. The van der Waals surface area contributed by atoms with E-state index in [1.54, 1.807) is 6.26 Å². The van der Waals surface area contributed by atoms with Gasteiger partial charge in [0.25, 0.3) is 5.89 Å². The Labute approximate surface area is 145 Å². The minimum Gasteiger partial charge on any atom is -0.459 e. The van der Waals surface area contributed by atoms with Crippen LogP contribution in [0, 0.1) is 12.8 Å². The van der Waals surface area contributed by atoms with Gasteiger partial charge >= 0.3 is 0 Å². The number of aromatic nitrogens is 5. The van der Waals surface area contributed by atoms with Crippen molar-refractivity contribution in [2.45, 2.75) is 46.2 Å². The van der Waals surface area contributed by atoms with E-state index in [4.69, 9.17) is 8.83 Å². The minimum atomic E-state index is 0.429. The lowest BCUT2D eigenvalue weighted by Gasteiger charge is -2.24. The van der Waals surface area contributed by atoms with Crippen LogP contribution in [0.2, 0.25) is 0 Å². The van der Waals surface area contributed by atoms with Crippen LogP contribution in [0.1, 0.15) is 36.4 Å². The molecule has 1 aliphatic rings. The summed E-state index contributed by atoms with van der Waals surface area (Å²) in [5, 5.41) is 20.1. The Morgan fingerprint density at radius 3 is 3.00 bits per heavy atom. The smallest absolute Gasteiger partial charge is 0.283 e. The quantitative estimate of drug-likeness (QED) is 0.733. The average Bonchev–Trinajstić information content (AvgIpc) is 3.33. The Hall–Kier alpha value is -2.48. The van der Waals surface area contributed by atoms with Crippen molar-refractivity contribution < 1.29 is 8.83 Å². The first-order valence-electron chi connectivity index (χ1n) is 8.73. The molecular weight excluding hydrogens is 320 g/mol. The van der Waals surface area contributed by atoms with E-state index in [9.17, 15) is 0 Å². The molecule has 0 radical (unpaired) electrons. The summed E-state index contributed by atoms with van der Waals surface area (Å²) < 4.78 is 13.3. The van der Waals surface area contributed by atoms with E-state index in [1.165, 1.54) is 0 Å². The van der Waals surface area contributed by atoms with Crippen molar-refractivity contribution in [3.05, 3.63) is 35.4 Å². The number of furan rings is 1. The molecule has 1 aliphatic heterocycles. The van der Waals surface area contributed by atoms with Crippen molar-refractivity contribution in [3.63, 3.8) is 0 Å². The Morgan fingerprint density at radius 2 is 2.20 bits per heavy atom. The summed E-state index contributed by atoms with van der Waals surface area (Å²) in [4.78, 5) is 0. The van der Waals surface area contributed by atoms with Gasteiger partial charge < -0.3 is 18.7 Å². The topological polar surface area (TPSA) is 94.8 Å². The minimum absolute atomic E-state index is 0.429. The molecule has 132 valence electrons. The number of rotatable bonds is 6. The molecule has 0 saturated carbocycles. The van der Waals surface area contributed by atoms with Crippen LogP contribution in [0.15, 0.2) is 21.2 Å². The van der Waals surface area contributed by atoms with Gasteiger partial charge in [-0.1, -0.05) is 6.92 Å². The van der Waals surface area contributed by atoms with Gasteiger partial charge in [-0.05, 0) is 25.3 Å². The van der Waals surface area contributed by atoms with Gasteiger partial charge in [-0.3, -0.25) is 0 Å². The molecule has 3 aromatic rings. The van der Waals surface area contributed by atoms with Gasteiger partial charge in [0, 0.05) is 31.5 Å². The van der Waals surface area contributed by atoms with E-state index in [0.717, 1.165) is 49.6 Å². The summed E-state index contributed by atoms with van der Waals surface area (Å²) in [6, 6.07) is 1.88. The molecule has 0 spiro atoms. The number of hydrogen-bond acceptors (Lipinski definition) is 7. The molecule has 1 N–H and O–H groups in total. The highest BCUT2D eigenvalue weighted by atomic mass is 16.4. The summed E-state index contributed by atoms with van der Waals surface area (Å²) in [5.74, 6) is 4.39. The lowest BCUT2D eigenvalue weighted by atomic mass is 9.99. The highest BCUT2D eigenvalue weighted by molar-refractivity contribution is 5.49. The van der Waals surface area contributed by atoms with Crippen LogP contribution in [-0.2, 0) is 25.9 Å². The second-order valence-corrected chi connectivity index (χ2v) is 6.47. The van der Waals surface area contributed by atoms with Gasteiger partial charge in [0.05, 0.1) is 12.8 Å². The van der Waals surface area contributed by atoms with Gasteiger partial charge in [0.2, 0.25) is 5.89 Å². The van der Waals surface area contributed by atoms with Crippen LogP contribution in [0.5, 0.6) is 0 Å². The molecule has 0 aromatic carbocycles. The first-order chi connectivity index (χ1) is 12.2. The van der Waals surface area contributed by atoms with E-state index in [0.29, 0.717) is 30.0 Å². The van der Waals surface area contributed by atoms with Crippen molar-refractivity contribution in [1.29, 1.82) is 0 Å². The van der Waals surface area contributed by atoms with Crippen molar-refractivity contribution in [1.82, 2.24) is 30.3 Å². The fourth-order valence-corrected chi connectivity index (χ4v) is 3.27. The van der Waals surface area contributed by atoms with Crippen LogP contribution < -0.4 is 5.32 Å². The lowest BCUT2D eigenvalue weighted by molar-refractivity contribution is 0.335. The maximum absolute atomic E-state index is 5.67. The number of nitrogens with one attached hydrogen (secondary N) is 1. The molecule has 0 bridgehead atoms. The molecule has 8 nitrogen and oxygen atoms in total. The summed E-state index contributed by atoms with van der Waals surface area (Å²) in [6.45, 7) is 6.50. The summed E-state index contributed by atoms with van der Waals surface area (Å²) in [7, 11) is 0. The zero-order valence-electron chi connectivity index (χ0n) is 14.5. The highest BCUT2D eigenvalue weighted by Gasteiger charge is 2.22. The normalized spacial score (nSPS) is 17.0. The molecule has 0 unspecified atom stereocenters. The fourth-order valence-electron chi connectivity index (χ4n) is 3.27. The predicted octanol–water partition coefficient (Wildman–Crippen LogP) is 2.14. The van der Waals surface area contributed by atoms with Crippen molar-refractivity contribution in [2.24, 2.45) is 5.92 Å².